The Kier molecular flexibility index (Phi) is 8.85. The van der Waals surface area contributed by atoms with Crippen LogP contribution < -0.4 is 5.32 Å². The Bertz CT molecular complexity index is 553. The molecule has 166 valence electrons. The lowest BCUT2D eigenvalue weighted by molar-refractivity contribution is -0.142. The van der Waals surface area contributed by atoms with Gasteiger partial charge in [0.1, 0.15) is 6.10 Å². The van der Waals surface area contributed by atoms with Crippen LogP contribution in [0.3, 0.4) is 0 Å². The normalized spacial score (nSPS) is 25.3. The Morgan fingerprint density at radius 3 is 2.41 bits per heavy atom. The van der Waals surface area contributed by atoms with Crippen LogP contribution in [0.25, 0.3) is 0 Å². The average molecular weight is 519 g/mol. The molecule has 1 amide bonds. The number of ether oxygens (including phenoxy) is 1. The fourth-order valence-corrected chi connectivity index (χ4v) is 4.32. The van der Waals surface area contributed by atoms with Gasteiger partial charge in [0.25, 0.3) is 5.91 Å². The minimum absolute atomic E-state index is 0. The van der Waals surface area contributed by atoms with E-state index in [9.17, 15) is 4.79 Å². The molecule has 2 saturated carbocycles. The zero-order valence-electron chi connectivity index (χ0n) is 17.9. The highest BCUT2D eigenvalue weighted by Gasteiger charge is 2.33. The zero-order chi connectivity index (χ0) is 19.3. The molecule has 29 heavy (non-hydrogen) atoms. The summed E-state index contributed by atoms with van der Waals surface area (Å²) < 4.78 is 5.57. The molecule has 2 heterocycles. The molecule has 0 spiro atoms. The van der Waals surface area contributed by atoms with Crippen molar-refractivity contribution < 1.29 is 9.53 Å². The van der Waals surface area contributed by atoms with Crippen molar-refractivity contribution in [3.8, 4) is 0 Å². The summed E-state index contributed by atoms with van der Waals surface area (Å²) >= 11 is 0. The smallest absolute Gasteiger partial charge is 0.251 e. The Morgan fingerprint density at radius 2 is 1.83 bits per heavy atom. The molecule has 4 fully saturated rings. The number of carbonyl (C=O) groups excluding carboxylic acids is 1. The van der Waals surface area contributed by atoms with Gasteiger partial charge in [-0.2, -0.15) is 0 Å². The van der Waals surface area contributed by atoms with Crippen LogP contribution in [0.1, 0.15) is 45.4 Å². The minimum Gasteiger partial charge on any atom is -0.368 e. The van der Waals surface area contributed by atoms with Crippen LogP contribution in [0, 0.1) is 5.92 Å². The number of guanidine groups is 1. The fourth-order valence-electron chi connectivity index (χ4n) is 4.32. The van der Waals surface area contributed by atoms with Crippen molar-refractivity contribution >= 4 is 35.8 Å². The molecule has 4 rings (SSSR count). The number of aliphatic imine (C=N–C) groups is 1. The maximum absolute atomic E-state index is 12.5. The van der Waals surface area contributed by atoms with Gasteiger partial charge in [-0.05, 0) is 51.4 Å². The Hall–Kier alpha value is -0.610. The second kappa shape index (κ2) is 11.1. The van der Waals surface area contributed by atoms with Gasteiger partial charge in [0.15, 0.2) is 5.96 Å². The van der Waals surface area contributed by atoms with Gasteiger partial charge in [-0.1, -0.05) is 0 Å². The van der Waals surface area contributed by atoms with E-state index in [1.165, 1.54) is 32.2 Å². The Morgan fingerprint density at radius 1 is 1.10 bits per heavy atom. The first kappa shape index (κ1) is 23.1. The second-order valence-corrected chi connectivity index (χ2v) is 8.72. The largest absolute Gasteiger partial charge is 0.368 e. The van der Waals surface area contributed by atoms with E-state index in [1.807, 2.05) is 4.90 Å². The number of rotatable bonds is 8. The molecule has 0 bridgehead atoms. The van der Waals surface area contributed by atoms with Gasteiger partial charge >= 0.3 is 0 Å². The van der Waals surface area contributed by atoms with Crippen LogP contribution in [0.15, 0.2) is 4.99 Å². The maximum atomic E-state index is 12.5. The standard InChI is InChI=1S/C21H37N5O2.HI/c1-2-22-21(23-9-10-26(18-7-8-18)16-17-5-6-17)25-13-11-24(12-14-25)20(27)19-4-3-15-28-19;/h17-19H,2-16H2,1H3,(H,22,23);1H. The molecule has 0 aromatic carbocycles. The second-order valence-electron chi connectivity index (χ2n) is 8.72. The van der Waals surface area contributed by atoms with Crippen LogP contribution in [0.2, 0.25) is 0 Å². The first-order valence-electron chi connectivity index (χ1n) is 11.4. The van der Waals surface area contributed by atoms with Gasteiger partial charge in [-0.3, -0.25) is 14.7 Å². The lowest BCUT2D eigenvalue weighted by Gasteiger charge is -2.37. The van der Waals surface area contributed by atoms with Gasteiger partial charge in [-0.15, -0.1) is 24.0 Å². The quantitative estimate of drug-likeness (QED) is 0.301. The van der Waals surface area contributed by atoms with E-state index in [4.69, 9.17) is 9.73 Å². The SMILES string of the molecule is CCNC(=NCCN(CC1CC1)C1CC1)N1CCN(C(=O)C2CCCO2)CC1.I. The molecule has 1 N–H and O–H groups in total. The Labute approximate surface area is 192 Å². The molecule has 4 aliphatic rings. The van der Waals surface area contributed by atoms with Gasteiger partial charge in [0, 0.05) is 58.5 Å². The average Bonchev–Trinajstić information content (AvgIpc) is 3.65. The number of nitrogens with one attached hydrogen (secondary N) is 1. The maximum Gasteiger partial charge on any atom is 0.251 e. The van der Waals surface area contributed by atoms with E-state index in [1.54, 1.807) is 0 Å². The molecule has 0 aromatic rings. The van der Waals surface area contributed by atoms with E-state index >= 15 is 0 Å². The molecular weight excluding hydrogens is 481 g/mol. The lowest BCUT2D eigenvalue weighted by atomic mass is 10.2. The predicted octanol–water partition coefficient (Wildman–Crippen LogP) is 1.77. The summed E-state index contributed by atoms with van der Waals surface area (Å²) in [4.78, 5) is 24.4. The number of hydrogen-bond donors (Lipinski definition) is 1. The molecule has 0 radical (unpaired) electrons. The van der Waals surface area contributed by atoms with Gasteiger partial charge < -0.3 is 19.9 Å². The van der Waals surface area contributed by atoms with Crippen molar-refractivity contribution in [2.24, 2.45) is 10.9 Å². The third kappa shape index (κ3) is 6.69. The summed E-state index contributed by atoms with van der Waals surface area (Å²) in [5, 5.41) is 3.45. The van der Waals surface area contributed by atoms with E-state index in [0.717, 1.165) is 83.2 Å². The van der Waals surface area contributed by atoms with Crippen molar-refractivity contribution in [2.75, 3.05) is 59.0 Å². The number of hydrogen-bond acceptors (Lipinski definition) is 4. The van der Waals surface area contributed by atoms with E-state index in [0.29, 0.717) is 0 Å². The molecule has 2 aliphatic heterocycles. The van der Waals surface area contributed by atoms with E-state index in [2.05, 4.69) is 22.0 Å². The summed E-state index contributed by atoms with van der Waals surface area (Å²) in [5.74, 6) is 2.14. The van der Waals surface area contributed by atoms with Crippen molar-refractivity contribution in [3.63, 3.8) is 0 Å². The predicted molar refractivity (Wildman–Crippen MR) is 126 cm³/mol. The van der Waals surface area contributed by atoms with Crippen LogP contribution in [-0.4, -0.2) is 97.7 Å². The Balaban J connectivity index is 0.00000240. The highest BCUT2D eigenvalue weighted by atomic mass is 127. The molecule has 1 unspecified atom stereocenters. The van der Waals surface area contributed by atoms with Gasteiger partial charge in [0.2, 0.25) is 0 Å². The highest BCUT2D eigenvalue weighted by Crippen LogP contribution is 2.34. The molecule has 2 aliphatic carbocycles. The number of amides is 1. The monoisotopic (exact) mass is 519 g/mol. The van der Waals surface area contributed by atoms with E-state index in [-0.39, 0.29) is 36.0 Å². The van der Waals surface area contributed by atoms with E-state index < -0.39 is 0 Å². The number of halogens is 1. The van der Waals surface area contributed by atoms with Gasteiger partial charge in [-0.25, -0.2) is 0 Å². The topological polar surface area (TPSA) is 60.4 Å². The molecule has 7 nitrogen and oxygen atoms in total. The van der Waals surface area contributed by atoms with Crippen molar-refractivity contribution in [1.82, 2.24) is 20.0 Å². The van der Waals surface area contributed by atoms with Crippen LogP contribution in [0.5, 0.6) is 0 Å². The molecule has 0 aromatic heterocycles. The number of nitrogens with zero attached hydrogens (tertiary/aromatic N) is 4. The molecule has 2 saturated heterocycles. The van der Waals surface area contributed by atoms with Crippen molar-refractivity contribution in [3.05, 3.63) is 0 Å². The zero-order valence-corrected chi connectivity index (χ0v) is 20.2. The van der Waals surface area contributed by atoms with Crippen molar-refractivity contribution in [1.29, 1.82) is 0 Å². The molecular formula is C21H38IN5O2. The third-order valence-corrected chi connectivity index (χ3v) is 6.33. The number of carbonyl (C=O) groups is 1. The highest BCUT2D eigenvalue weighted by molar-refractivity contribution is 14.0. The first-order valence-corrected chi connectivity index (χ1v) is 11.4. The van der Waals surface area contributed by atoms with Gasteiger partial charge in [0.05, 0.1) is 6.54 Å². The van der Waals surface area contributed by atoms with Crippen LogP contribution in [-0.2, 0) is 9.53 Å². The van der Waals surface area contributed by atoms with Crippen LogP contribution in [0.4, 0.5) is 0 Å². The first-order chi connectivity index (χ1) is 13.7. The number of piperazine rings is 1. The molecule has 1 atom stereocenters. The minimum atomic E-state index is -0.201. The summed E-state index contributed by atoms with van der Waals surface area (Å²) in [6.45, 7) is 10.2. The molecule has 8 heteroatoms. The summed E-state index contributed by atoms with van der Waals surface area (Å²) in [7, 11) is 0. The third-order valence-electron chi connectivity index (χ3n) is 6.33. The van der Waals surface area contributed by atoms with Crippen molar-refractivity contribution in [2.45, 2.75) is 57.6 Å². The lowest BCUT2D eigenvalue weighted by Crippen LogP contribution is -2.55. The fraction of sp³-hybridized carbons (Fsp3) is 0.905. The summed E-state index contributed by atoms with van der Waals surface area (Å²) in [5.41, 5.74) is 0. The summed E-state index contributed by atoms with van der Waals surface area (Å²) in [6.07, 6.45) is 7.27. The summed E-state index contributed by atoms with van der Waals surface area (Å²) in [6, 6.07) is 0.825. The van der Waals surface area contributed by atoms with Crippen LogP contribution >= 0.6 is 24.0 Å².